The van der Waals surface area contributed by atoms with E-state index in [0.717, 1.165) is 5.56 Å². The van der Waals surface area contributed by atoms with Crippen LogP contribution in [0.4, 0.5) is 0 Å². The van der Waals surface area contributed by atoms with Crippen LogP contribution in [0.25, 0.3) is 11.1 Å². The van der Waals surface area contributed by atoms with Crippen molar-refractivity contribution in [2.24, 2.45) is 0 Å². The van der Waals surface area contributed by atoms with Gasteiger partial charge in [0.05, 0.1) is 11.8 Å². The Balaban J connectivity index is 2.08. The first-order valence-corrected chi connectivity index (χ1v) is 5.48. The van der Waals surface area contributed by atoms with Crippen LogP contribution in [0, 0.1) is 0 Å². The van der Waals surface area contributed by atoms with Gasteiger partial charge in [-0.3, -0.25) is 4.98 Å². The van der Waals surface area contributed by atoms with E-state index in [2.05, 4.69) is 4.98 Å². The molecule has 0 aliphatic rings. The fourth-order valence-electron chi connectivity index (χ4n) is 1.72. The molecule has 0 radical (unpaired) electrons. The fraction of sp³-hybridized carbons (Fsp3) is 0.0833. The van der Waals surface area contributed by atoms with Gasteiger partial charge in [0.1, 0.15) is 11.1 Å². The molecule has 3 rings (SSSR count). The minimum Gasteiger partial charge on any atom is -0.467 e. The molecule has 86 valence electrons. The third-order valence-electron chi connectivity index (χ3n) is 2.53. The molecular weight excluding hydrogens is 242 g/mol. The molecule has 1 N–H and O–H groups in total. The number of H-pyrrole nitrogens is 1. The number of aromatic amines is 1. The number of aromatic nitrogens is 1. The molecule has 0 saturated heterocycles. The van der Waals surface area contributed by atoms with E-state index >= 15 is 0 Å². The molecule has 3 aromatic rings. The fourth-order valence-corrected chi connectivity index (χ4v) is 1.98. The van der Waals surface area contributed by atoms with Gasteiger partial charge in [-0.25, -0.2) is 4.79 Å². The van der Waals surface area contributed by atoms with Gasteiger partial charge in [-0.1, -0.05) is 6.07 Å². The number of benzene rings is 1. The van der Waals surface area contributed by atoms with Crippen LogP contribution in [0.1, 0.15) is 16.7 Å². The van der Waals surface area contributed by atoms with Crippen LogP contribution < -0.4 is 5.76 Å². The Bertz CT molecular complexity index is 696. The minimum absolute atomic E-state index is 0.394. The lowest BCUT2D eigenvalue weighted by Crippen LogP contribution is -1.92. The van der Waals surface area contributed by atoms with Crippen molar-refractivity contribution < 1.29 is 8.83 Å². The first kappa shape index (κ1) is 10.2. The van der Waals surface area contributed by atoms with E-state index in [9.17, 15) is 4.79 Å². The lowest BCUT2D eigenvalue weighted by molar-refractivity contribution is 0.516. The van der Waals surface area contributed by atoms with E-state index in [0.29, 0.717) is 16.9 Å². The lowest BCUT2D eigenvalue weighted by atomic mass is 10.1. The van der Waals surface area contributed by atoms with Crippen LogP contribution in [0.3, 0.4) is 0 Å². The highest BCUT2D eigenvalue weighted by atomic mass is 35.5. The molecule has 4 nitrogen and oxygen atoms in total. The predicted octanol–water partition coefficient (Wildman–Crippen LogP) is 3.04. The summed E-state index contributed by atoms with van der Waals surface area (Å²) >= 11 is 6.26. The van der Waals surface area contributed by atoms with E-state index < -0.39 is 11.1 Å². The number of oxazole rings is 1. The highest BCUT2D eigenvalue weighted by molar-refractivity contribution is 6.22. The van der Waals surface area contributed by atoms with Gasteiger partial charge in [0.25, 0.3) is 0 Å². The maximum atomic E-state index is 11.0. The summed E-state index contributed by atoms with van der Waals surface area (Å²) in [6.45, 7) is 0. The van der Waals surface area contributed by atoms with Gasteiger partial charge in [-0.15, -0.1) is 11.6 Å². The molecule has 17 heavy (non-hydrogen) atoms. The first-order chi connectivity index (χ1) is 8.24. The van der Waals surface area contributed by atoms with Crippen LogP contribution in [0.15, 0.2) is 50.2 Å². The number of fused-ring (bicyclic) bond motifs is 1. The van der Waals surface area contributed by atoms with Crippen molar-refractivity contribution >= 4 is 22.7 Å². The van der Waals surface area contributed by atoms with Crippen molar-refractivity contribution in [2.45, 2.75) is 5.38 Å². The quantitative estimate of drug-likeness (QED) is 0.710. The zero-order chi connectivity index (χ0) is 11.8. The van der Waals surface area contributed by atoms with Crippen LogP contribution in [0.5, 0.6) is 0 Å². The smallest absolute Gasteiger partial charge is 0.417 e. The number of furan rings is 1. The molecule has 0 fully saturated rings. The normalized spacial score (nSPS) is 13.0. The Morgan fingerprint density at radius 1 is 1.29 bits per heavy atom. The van der Waals surface area contributed by atoms with E-state index in [-0.39, 0.29) is 0 Å². The number of hydrogen-bond donors (Lipinski definition) is 1. The van der Waals surface area contributed by atoms with Gasteiger partial charge in [0.15, 0.2) is 5.58 Å². The number of nitrogens with one attached hydrogen (secondary N) is 1. The number of rotatable bonds is 2. The zero-order valence-corrected chi connectivity index (χ0v) is 9.40. The van der Waals surface area contributed by atoms with Crippen molar-refractivity contribution in [3.63, 3.8) is 0 Å². The number of alkyl halides is 1. The van der Waals surface area contributed by atoms with Crippen molar-refractivity contribution in [3.05, 3.63) is 58.5 Å². The summed E-state index contributed by atoms with van der Waals surface area (Å²) in [6.07, 6.45) is 1.57. The Labute approximate surface area is 101 Å². The van der Waals surface area contributed by atoms with Gasteiger partial charge >= 0.3 is 5.76 Å². The van der Waals surface area contributed by atoms with Crippen LogP contribution >= 0.6 is 11.6 Å². The topological polar surface area (TPSA) is 59.1 Å². The number of hydrogen-bond acceptors (Lipinski definition) is 3. The summed E-state index contributed by atoms with van der Waals surface area (Å²) in [5.74, 6) is 0.185. The summed E-state index contributed by atoms with van der Waals surface area (Å²) in [4.78, 5) is 13.6. The second kappa shape index (κ2) is 3.82. The van der Waals surface area contributed by atoms with Crippen molar-refractivity contribution in [1.29, 1.82) is 0 Å². The molecule has 1 unspecified atom stereocenters. The maximum absolute atomic E-state index is 11.0. The predicted molar refractivity (Wildman–Crippen MR) is 63.2 cm³/mol. The molecule has 0 aliphatic carbocycles. The standard InChI is InChI=1S/C12H8ClNO3/c13-11(9-2-1-5-16-9)7-3-4-8-10(6-7)17-12(15)14-8/h1-6,11H,(H,14,15). The Hall–Kier alpha value is -1.94. The van der Waals surface area contributed by atoms with Gasteiger partial charge in [-0.2, -0.15) is 0 Å². The van der Waals surface area contributed by atoms with E-state index in [4.69, 9.17) is 20.4 Å². The SMILES string of the molecule is O=c1[nH]c2ccc(C(Cl)c3ccco3)cc2o1. The van der Waals surface area contributed by atoms with Gasteiger partial charge in [-0.05, 0) is 29.8 Å². The number of halogens is 1. The van der Waals surface area contributed by atoms with Gasteiger partial charge < -0.3 is 8.83 Å². The molecule has 2 heterocycles. The molecule has 0 aliphatic heterocycles. The summed E-state index contributed by atoms with van der Waals surface area (Å²) in [5, 5.41) is -0.394. The highest BCUT2D eigenvalue weighted by Crippen LogP contribution is 2.30. The second-order valence-corrected chi connectivity index (χ2v) is 4.08. The molecule has 0 saturated carbocycles. The average Bonchev–Trinajstić information content (AvgIpc) is 2.94. The molecule has 0 spiro atoms. The Kier molecular flexibility index (Phi) is 2.30. The van der Waals surface area contributed by atoms with Gasteiger partial charge in [0.2, 0.25) is 0 Å². The molecule has 2 aromatic heterocycles. The molecule has 1 atom stereocenters. The van der Waals surface area contributed by atoms with Crippen LogP contribution in [-0.4, -0.2) is 4.98 Å². The molecule has 5 heteroatoms. The Morgan fingerprint density at radius 3 is 2.94 bits per heavy atom. The van der Waals surface area contributed by atoms with E-state index in [1.807, 2.05) is 6.07 Å². The third-order valence-corrected chi connectivity index (χ3v) is 3.00. The minimum atomic E-state index is -0.471. The van der Waals surface area contributed by atoms with E-state index in [1.54, 1.807) is 30.5 Å². The van der Waals surface area contributed by atoms with Crippen molar-refractivity contribution in [3.8, 4) is 0 Å². The summed E-state index contributed by atoms with van der Waals surface area (Å²) in [6, 6.07) is 8.89. The summed E-state index contributed by atoms with van der Waals surface area (Å²) < 4.78 is 10.2. The van der Waals surface area contributed by atoms with Crippen molar-refractivity contribution in [2.75, 3.05) is 0 Å². The van der Waals surface area contributed by atoms with Crippen molar-refractivity contribution in [1.82, 2.24) is 4.98 Å². The largest absolute Gasteiger partial charge is 0.467 e. The summed E-state index contributed by atoms with van der Waals surface area (Å²) in [5.41, 5.74) is 1.96. The first-order valence-electron chi connectivity index (χ1n) is 5.04. The Morgan fingerprint density at radius 2 is 2.18 bits per heavy atom. The summed E-state index contributed by atoms with van der Waals surface area (Å²) in [7, 11) is 0. The molecule has 1 aromatic carbocycles. The lowest BCUT2D eigenvalue weighted by Gasteiger charge is -2.05. The average molecular weight is 250 g/mol. The van der Waals surface area contributed by atoms with E-state index in [1.165, 1.54) is 0 Å². The monoisotopic (exact) mass is 249 g/mol. The third kappa shape index (κ3) is 1.76. The van der Waals surface area contributed by atoms with Gasteiger partial charge in [0, 0.05) is 0 Å². The zero-order valence-electron chi connectivity index (χ0n) is 8.64. The van der Waals surface area contributed by atoms with Crippen LogP contribution in [0.2, 0.25) is 0 Å². The van der Waals surface area contributed by atoms with Crippen LogP contribution in [-0.2, 0) is 0 Å². The maximum Gasteiger partial charge on any atom is 0.417 e. The second-order valence-electron chi connectivity index (χ2n) is 3.65. The molecule has 0 bridgehead atoms. The molecular formula is C12H8ClNO3. The highest BCUT2D eigenvalue weighted by Gasteiger charge is 2.14. The molecule has 0 amide bonds.